The minimum atomic E-state index is -1.25. The van der Waals surface area contributed by atoms with Gasteiger partial charge in [-0.15, -0.1) is 0 Å². The van der Waals surface area contributed by atoms with E-state index in [2.05, 4.69) is 27.3 Å². The normalized spacial score (nSPS) is 15.4. The van der Waals surface area contributed by atoms with Gasteiger partial charge in [-0.3, -0.25) is 9.69 Å². The van der Waals surface area contributed by atoms with Crippen molar-refractivity contribution in [3.05, 3.63) is 125 Å². The average molecular weight is 568 g/mol. The highest BCUT2D eigenvalue weighted by atomic mass is 16.4. The summed E-state index contributed by atoms with van der Waals surface area (Å²) in [7, 11) is 0. The van der Waals surface area contributed by atoms with Crippen LogP contribution in [0.2, 0.25) is 0 Å². The number of nitrogens with zero attached hydrogens (tertiary/aromatic N) is 2. The lowest BCUT2D eigenvalue weighted by Gasteiger charge is -2.36. The molecule has 0 unspecified atom stereocenters. The Bertz CT molecular complexity index is 1380. The summed E-state index contributed by atoms with van der Waals surface area (Å²) in [5, 5.41) is 24.4. The van der Waals surface area contributed by atoms with Crippen LogP contribution in [0.1, 0.15) is 70.8 Å². The molecule has 5 rings (SSSR count). The van der Waals surface area contributed by atoms with Gasteiger partial charge in [-0.2, -0.15) is 0 Å². The molecule has 0 radical (unpaired) electrons. The van der Waals surface area contributed by atoms with Crippen LogP contribution in [0, 0.1) is 5.92 Å². The summed E-state index contributed by atoms with van der Waals surface area (Å²) >= 11 is 0. The Morgan fingerprint density at radius 2 is 1.60 bits per heavy atom. The van der Waals surface area contributed by atoms with Crippen molar-refractivity contribution in [3.8, 4) is 0 Å². The van der Waals surface area contributed by atoms with E-state index in [1.54, 1.807) is 30.5 Å². The number of aliphatic hydroxyl groups is 2. The highest BCUT2D eigenvalue weighted by molar-refractivity contribution is 5.94. The van der Waals surface area contributed by atoms with Crippen molar-refractivity contribution in [2.45, 2.75) is 57.3 Å². The van der Waals surface area contributed by atoms with Gasteiger partial charge in [0.25, 0.3) is 5.91 Å². The van der Waals surface area contributed by atoms with E-state index in [0.29, 0.717) is 37.5 Å². The summed E-state index contributed by atoms with van der Waals surface area (Å²) in [6.45, 7) is 2.54. The molecule has 0 spiro atoms. The van der Waals surface area contributed by atoms with E-state index in [0.717, 1.165) is 49.1 Å². The van der Waals surface area contributed by atoms with Crippen molar-refractivity contribution in [1.82, 2.24) is 15.2 Å². The maximum Gasteiger partial charge on any atom is 0.251 e. The Labute approximate surface area is 248 Å². The zero-order chi connectivity index (χ0) is 29.2. The van der Waals surface area contributed by atoms with Crippen LogP contribution < -0.4 is 5.32 Å². The Kier molecular flexibility index (Phi) is 10.2. The smallest absolute Gasteiger partial charge is 0.251 e. The van der Waals surface area contributed by atoms with Gasteiger partial charge in [-0.05, 0) is 41.7 Å². The van der Waals surface area contributed by atoms with Gasteiger partial charge in [0.1, 0.15) is 5.76 Å². The zero-order valence-electron chi connectivity index (χ0n) is 24.1. The first kappa shape index (κ1) is 29.7. The molecule has 4 aromatic rings. The number of amides is 1. The number of carbonyl (C=O) groups is 1. The Morgan fingerprint density at radius 1 is 0.905 bits per heavy atom. The first-order valence-corrected chi connectivity index (χ1v) is 15.0. The first-order valence-electron chi connectivity index (χ1n) is 15.0. The van der Waals surface area contributed by atoms with Gasteiger partial charge >= 0.3 is 0 Å². The molecule has 220 valence electrons. The molecule has 0 bridgehead atoms. The van der Waals surface area contributed by atoms with E-state index in [-0.39, 0.29) is 18.4 Å². The largest absolute Gasteiger partial charge is 0.442 e. The van der Waals surface area contributed by atoms with Crippen molar-refractivity contribution >= 4 is 5.91 Å². The highest BCUT2D eigenvalue weighted by Crippen LogP contribution is 2.43. The van der Waals surface area contributed by atoms with Gasteiger partial charge in [0.15, 0.2) is 5.60 Å². The molecule has 1 aliphatic rings. The second-order valence-corrected chi connectivity index (χ2v) is 11.2. The lowest BCUT2D eigenvalue weighted by atomic mass is 9.73. The lowest BCUT2D eigenvalue weighted by Crippen LogP contribution is -2.38. The Morgan fingerprint density at radius 3 is 2.29 bits per heavy atom. The highest BCUT2D eigenvalue weighted by Gasteiger charge is 2.44. The number of hydrogen-bond acceptors (Lipinski definition) is 6. The number of rotatable bonds is 13. The number of benzene rings is 3. The molecule has 1 atom stereocenters. The molecule has 1 aliphatic carbocycles. The van der Waals surface area contributed by atoms with Crippen LogP contribution in [0.5, 0.6) is 0 Å². The molecule has 1 amide bonds. The van der Waals surface area contributed by atoms with Gasteiger partial charge in [0, 0.05) is 44.1 Å². The zero-order valence-corrected chi connectivity index (χ0v) is 24.1. The third kappa shape index (κ3) is 7.34. The fraction of sp³-hybridized carbons (Fsp3) is 0.371. The van der Waals surface area contributed by atoms with Crippen LogP contribution in [0.25, 0.3) is 0 Å². The Hall–Kier alpha value is -3.78. The molecule has 7 heteroatoms. The SMILES string of the molecule is O=C(NCCN(CCc1cnc([C@](O)(c2ccccc2)C2CCCCC2)o1)Cc1ccccc1)c1ccc(CO)cc1. The lowest BCUT2D eigenvalue weighted by molar-refractivity contribution is -0.0239. The standard InChI is InChI=1S/C35H41N3O4/c39-26-28-16-18-29(19-17-28)33(40)36-21-23-38(25-27-10-4-1-5-11-27)22-20-32-24-37-34(42-32)35(41,30-12-6-2-7-13-30)31-14-8-3-9-15-31/h1-2,4-7,10-13,16-19,24,31,39,41H,3,8-9,14-15,20-23,25-26H2,(H,36,40)/t35-/m0/s1. The summed E-state index contributed by atoms with van der Waals surface area (Å²) in [5.74, 6) is 1.05. The predicted octanol–water partition coefficient (Wildman–Crippen LogP) is 5.46. The van der Waals surface area contributed by atoms with Crippen molar-refractivity contribution in [3.63, 3.8) is 0 Å². The molecular formula is C35H41N3O4. The van der Waals surface area contributed by atoms with E-state index < -0.39 is 5.60 Å². The molecule has 1 aromatic heterocycles. The quantitative estimate of drug-likeness (QED) is 0.199. The molecule has 3 aromatic carbocycles. The molecule has 0 saturated heterocycles. The molecule has 42 heavy (non-hydrogen) atoms. The number of aromatic nitrogens is 1. The van der Waals surface area contributed by atoms with E-state index in [1.165, 1.54) is 12.0 Å². The number of carbonyl (C=O) groups excluding carboxylic acids is 1. The van der Waals surface area contributed by atoms with Gasteiger partial charge in [0.2, 0.25) is 5.89 Å². The summed E-state index contributed by atoms with van der Waals surface area (Å²) in [6, 6.07) is 27.1. The second-order valence-electron chi connectivity index (χ2n) is 11.2. The Balaban J connectivity index is 1.25. The first-order chi connectivity index (χ1) is 20.6. The third-order valence-electron chi connectivity index (χ3n) is 8.33. The van der Waals surface area contributed by atoms with Gasteiger partial charge in [0.05, 0.1) is 12.8 Å². The second kappa shape index (κ2) is 14.4. The molecule has 0 aliphatic heterocycles. The van der Waals surface area contributed by atoms with Crippen LogP contribution in [-0.4, -0.2) is 45.6 Å². The van der Waals surface area contributed by atoms with Crippen molar-refractivity contribution in [2.75, 3.05) is 19.6 Å². The minimum Gasteiger partial charge on any atom is -0.442 e. The topological polar surface area (TPSA) is 98.8 Å². The van der Waals surface area contributed by atoms with Gasteiger partial charge in [-0.25, -0.2) is 4.98 Å². The van der Waals surface area contributed by atoms with Crippen LogP contribution in [0.4, 0.5) is 0 Å². The van der Waals surface area contributed by atoms with Crippen LogP contribution >= 0.6 is 0 Å². The van der Waals surface area contributed by atoms with Crippen LogP contribution in [-0.2, 0) is 25.2 Å². The summed E-state index contributed by atoms with van der Waals surface area (Å²) in [6.07, 6.45) is 7.69. The third-order valence-corrected chi connectivity index (χ3v) is 8.33. The number of hydrogen-bond donors (Lipinski definition) is 3. The number of aliphatic hydroxyl groups excluding tert-OH is 1. The predicted molar refractivity (Wildman–Crippen MR) is 163 cm³/mol. The van der Waals surface area contributed by atoms with E-state index in [1.807, 2.05) is 48.5 Å². The maximum absolute atomic E-state index is 12.7. The summed E-state index contributed by atoms with van der Waals surface area (Å²) in [4.78, 5) is 19.6. The summed E-state index contributed by atoms with van der Waals surface area (Å²) < 4.78 is 6.30. The van der Waals surface area contributed by atoms with E-state index in [4.69, 9.17) is 4.42 Å². The van der Waals surface area contributed by atoms with Gasteiger partial charge in [-0.1, -0.05) is 92.1 Å². The van der Waals surface area contributed by atoms with Crippen molar-refractivity contribution < 1.29 is 19.4 Å². The van der Waals surface area contributed by atoms with Gasteiger partial charge < -0.3 is 19.9 Å². The fourth-order valence-corrected chi connectivity index (χ4v) is 5.92. The molecule has 1 saturated carbocycles. The summed E-state index contributed by atoms with van der Waals surface area (Å²) in [5.41, 5.74) is 2.12. The molecule has 7 nitrogen and oxygen atoms in total. The van der Waals surface area contributed by atoms with Crippen LogP contribution in [0.15, 0.2) is 95.5 Å². The van der Waals surface area contributed by atoms with E-state index in [9.17, 15) is 15.0 Å². The number of nitrogens with one attached hydrogen (secondary N) is 1. The van der Waals surface area contributed by atoms with Crippen LogP contribution in [0.3, 0.4) is 0 Å². The molecule has 3 N–H and O–H groups in total. The fourth-order valence-electron chi connectivity index (χ4n) is 5.92. The molecule has 1 heterocycles. The monoisotopic (exact) mass is 567 g/mol. The van der Waals surface area contributed by atoms with Crippen molar-refractivity contribution in [1.29, 1.82) is 0 Å². The molecular weight excluding hydrogens is 526 g/mol. The number of oxazole rings is 1. The molecule has 1 fully saturated rings. The average Bonchev–Trinajstić information content (AvgIpc) is 3.54. The van der Waals surface area contributed by atoms with E-state index >= 15 is 0 Å². The maximum atomic E-state index is 12.7. The minimum absolute atomic E-state index is 0.0465. The van der Waals surface area contributed by atoms with Crippen molar-refractivity contribution in [2.24, 2.45) is 5.92 Å².